The first kappa shape index (κ1) is 26.5. The Labute approximate surface area is 222 Å². The molecule has 0 unspecified atom stereocenters. The summed E-state index contributed by atoms with van der Waals surface area (Å²) in [5.41, 5.74) is 2.14. The van der Waals surface area contributed by atoms with Gasteiger partial charge in [-0.15, -0.1) is 0 Å². The maximum absolute atomic E-state index is 12.7. The molecule has 180 valence electrons. The van der Waals surface area contributed by atoms with Gasteiger partial charge < -0.3 is 14.8 Å². The molecule has 1 aliphatic heterocycles. The average molecular weight is 584 g/mol. The van der Waals surface area contributed by atoms with E-state index in [0.717, 1.165) is 24.0 Å². The summed E-state index contributed by atoms with van der Waals surface area (Å²) in [6, 6.07) is 8.85. The maximum atomic E-state index is 12.7. The summed E-state index contributed by atoms with van der Waals surface area (Å²) < 4.78 is 12.4. The van der Waals surface area contributed by atoms with Crippen molar-refractivity contribution in [1.29, 1.82) is 0 Å². The van der Waals surface area contributed by atoms with Crippen molar-refractivity contribution >= 4 is 79.4 Å². The van der Waals surface area contributed by atoms with Crippen LogP contribution in [-0.4, -0.2) is 41.3 Å². The van der Waals surface area contributed by atoms with Crippen molar-refractivity contribution in [2.45, 2.75) is 26.7 Å². The number of thiocarbonyl (C=S) groups is 1. The molecular weight excluding hydrogens is 560 g/mol. The smallest absolute Gasteiger partial charge is 0.266 e. The highest BCUT2D eigenvalue weighted by Gasteiger charge is 2.31. The van der Waals surface area contributed by atoms with E-state index >= 15 is 0 Å². The van der Waals surface area contributed by atoms with Gasteiger partial charge in [0.05, 0.1) is 16.5 Å². The zero-order chi connectivity index (χ0) is 24.8. The fourth-order valence-corrected chi connectivity index (χ4v) is 5.25. The molecule has 0 spiro atoms. The summed E-state index contributed by atoms with van der Waals surface area (Å²) >= 11 is 16.3. The molecule has 1 heterocycles. The molecule has 1 saturated heterocycles. The van der Waals surface area contributed by atoms with Gasteiger partial charge in [-0.25, -0.2) is 0 Å². The van der Waals surface area contributed by atoms with E-state index in [0.29, 0.717) is 42.5 Å². The SMILES string of the molecule is CCCCN1C(=O)/C(=C/c2cc(Br)c(OCC(=O)Nc3cccc(Cl)c3C)c(OC)c2)SC1=S. The second kappa shape index (κ2) is 12.1. The number of rotatable bonds is 9. The lowest BCUT2D eigenvalue weighted by Gasteiger charge is -2.14. The molecule has 6 nitrogen and oxygen atoms in total. The Bertz CT molecular complexity index is 1160. The minimum absolute atomic E-state index is 0.0909. The van der Waals surface area contributed by atoms with E-state index in [1.165, 1.54) is 18.9 Å². The molecule has 0 bridgehead atoms. The number of hydrogen-bond acceptors (Lipinski definition) is 6. The number of ether oxygens (including phenoxy) is 2. The predicted octanol–water partition coefficient (Wildman–Crippen LogP) is 6.44. The third-order valence-electron chi connectivity index (χ3n) is 5.05. The van der Waals surface area contributed by atoms with E-state index in [-0.39, 0.29) is 18.4 Å². The number of carbonyl (C=O) groups excluding carboxylic acids is 2. The van der Waals surface area contributed by atoms with Gasteiger partial charge >= 0.3 is 0 Å². The number of hydrogen-bond donors (Lipinski definition) is 1. The number of amides is 2. The number of benzene rings is 2. The third kappa shape index (κ3) is 6.33. The summed E-state index contributed by atoms with van der Waals surface area (Å²) in [5, 5.41) is 3.36. The van der Waals surface area contributed by atoms with Crippen molar-refractivity contribution < 1.29 is 19.1 Å². The number of halogens is 2. The van der Waals surface area contributed by atoms with E-state index in [2.05, 4.69) is 28.2 Å². The number of carbonyl (C=O) groups is 2. The average Bonchev–Trinajstić information content (AvgIpc) is 3.06. The van der Waals surface area contributed by atoms with Gasteiger partial charge in [0.15, 0.2) is 18.1 Å². The molecule has 3 rings (SSSR count). The Morgan fingerprint density at radius 2 is 2.12 bits per heavy atom. The molecule has 2 amide bonds. The molecule has 0 atom stereocenters. The number of anilines is 1. The van der Waals surface area contributed by atoms with Crippen LogP contribution in [0, 0.1) is 6.92 Å². The molecule has 1 aliphatic rings. The van der Waals surface area contributed by atoms with E-state index in [4.69, 9.17) is 33.3 Å². The van der Waals surface area contributed by atoms with Crippen LogP contribution in [0.3, 0.4) is 0 Å². The van der Waals surface area contributed by atoms with Crippen LogP contribution in [-0.2, 0) is 9.59 Å². The quantitative estimate of drug-likeness (QED) is 0.271. The van der Waals surface area contributed by atoms with E-state index in [9.17, 15) is 9.59 Å². The topological polar surface area (TPSA) is 67.9 Å². The first-order valence-electron chi connectivity index (χ1n) is 10.6. The molecule has 10 heteroatoms. The Morgan fingerprint density at radius 3 is 2.82 bits per heavy atom. The van der Waals surface area contributed by atoms with Gasteiger partial charge in [-0.2, -0.15) is 0 Å². The first-order chi connectivity index (χ1) is 16.2. The Morgan fingerprint density at radius 1 is 1.35 bits per heavy atom. The largest absolute Gasteiger partial charge is 0.493 e. The molecule has 1 fully saturated rings. The Kier molecular flexibility index (Phi) is 9.41. The highest BCUT2D eigenvalue weighted by Crippen LogP contribution is 2.39. The molecule has 1 N–H and O–H groups in total. The summed E-state index contributed by atoms with van der Waals surface area (Å²) in [7, 11) is 1.51. The van der Waals surface area contributed by atoms with Crippen LogP contribution >= 0.6 is 51.5 Å². The second-order valence-electron chi connectivity index (χ2n) is 7.47. The molecule has 0 aromatic heterocycles. The zero-order valence-corrected chi connectivity index (χ0v) is 22.9. The van der Waals surface area contributed by atoms with Gasteiger partial charge in [0.2, 0.25) is 0 Å². The van der Waals surface area contributed by atoms with Gasteiger partial charge in [0, 0.05) is 17.3 Å². The highest BCUT2D eigenvalue weighted by atomic mass is 79.9. The van der Waals surface area contributed by atoms with Crippen molar-refractivity contribution in [2.75, 3.05) is 25.6 Å². The maximum Gasteiger partial charge on any atom is 0.266 e. The minimum atomic E-state index is -0.334. The van der Waals surface area contributed by atoms with Gasteiger partial charge in [0.25, 0.3) is 11.8 Å². The van der Waals surface area contributed by atoms with Crippen LogP contribution in [0.5, 0.6) is 11.5 Å². The monoisotopic (exact) mass is 582 g/mol. The van der Waals surface area contributed by atoms with E-state index in [1.807, 2.05) is 6.92 Å². The van der Waals surface area contributed by atoms with Crippen molar-refractivity contribution in [3.8, 4) is 11.5 Å². The van der Waals surface area contributed by atoms with Gasteiger partial charge in [-0.05, 0) is 70.7 Å². The van der Waals surface area contributed by atoms with Crippen molar-refractivity contribution in [1.82, 2.24) is 4.90 Å². The normalized spacial score (nSPS) is 14.6. The number of nitrogens with zero attached hydrogens (tertiary/aromatic N) is 1. The van der Waals surface area contributed by atoms with Gasteiger partial charge in [-0.3, -0.25) is 14.5 Å². The summed E-state index contributed by atoms with van der Waals surface area (Å²) in [5.74, 6) is 0.382. The lowest BCUT2D eigenvalue weighted by atomic mass is 10.1. The lowest BCUT2D eigenvalue weighted by Crippen LogP contribution is -2.28. The third-order valence-corrected chi connectivity index (χ3v) is 7.42. The fourth-order valence-electron chi connectivity index (χ4n) is 3.19. The summed E-state index contributed by atoms with van der Waals surface area (Å²) in [6.07, 6.45) is 3.66. The van der Waals surface area contributed by atoms with E-state index < -0.39 is 0 Å². The fraction of sp³-hybridized carbons (Fsp3) is 0.292. The van der Waals surface area contributed by atoms with Crippen molar-refractivity contribution in [2.24, 2.45) is 0 Å². The molecule has 0 saturated carbocycles. The highest BCUT2D eigenvalue weighted by molar-refractivity contribution is 9.10. The molecule has 0 radical (unpaired) electrons. The van der Waals surface area contributed by atoms with Crippen LogP contribution in [0.25, 0.3) is 6.08 Å². The van der Waals surface area contributed by atoms with E-state index in [1.54, 1.807) is 41.3 Å². The number of nitrogens with one attached hydrogen (secondary N) is 1. The van der Waals surface area contributed by atoms with Crippen LogP contribution < -0.4 is 14.8 Å². The lowest BCUT2D eigenvalue weighted by molar-refractivity contribution is -0.122. The molecule has 34 heavy (non-hydrogen) atoms. The Hall–Kier alpha value is -2.07. The second-order valence-corrected chi connectivity index (χ2v) is 10.4. The summed E-state index contributed by atoms with van der Waals surface area (Å²) in [6.45, 7) is 4.29. The van der Waals surface area contributed by atoms with Crippen molar-refractivity contribution in [3.63, 3.8) is 0 Å². The van der Waals surface area contributed by atoms with Crippen LogP contribution in [0.4, 0.5) is 5.69 Å². The molecule has 2 aromatic rings. The van der Waals surface area contributed by atoms with Crippen LogP contribution in [0.15, 0.2) is 39.7 Å². The van der Waals surface area contributed by atoms with Crippen LogP contribution in [0.2, 0.25) is 5.02 Å². The van der Waals surface area contributed by atoms with Crippen molar-refractivity contribution in [3.05, 3.63) is 55.9 Å². The predicted molar refractivity (Wildman–Crippen MR) is 146 cm³/mol. The number of methoxy groups -OCH3 is 1. The number of unbranched alkanes of at least 4 members (excludes halogenated alkanes) is 1. The Balaban J connectivity index is 1.73. The molecule has 0 aliphatic carbocycles. The van der Waals surface area contributed by atoms with Gasteiger partial charge in [-0.1, -0.05) is 55.0 Å². The van der Waals surface area contributed by atoms with Crippen LogP contribution in [0.1, 0.15) is 30.9 Å². The minimum Gasteiger partial charge on any atom is -0.493 e. The van der Waals surface area contributed by atoms with Gasteiger partial charge in [0.1, 0.15) is 4.32 Å². The summed E-state index contributed by atoms with van der Waals surface area (Å²) in [4.78, 5) is 27.4. The molecule has 2 aromatic carbocycles. The first-order valence-corrected chi connectivity index (χ1v) is 12.9. The zero-order valence-electron chi connectivity index (χ0n) is 18.9. The molecular formula is C24H24BrClN2O4S2. The standard InChI is InChI=1S/C24H24BrClN2O4S2/c1-4-5-9-28-23(30)20(34-24(28)33)12-15-10-16(25)22(19(11-15)31-3)32-13-21(29)27-18-8-6-7-17(26)14(18)2/h6-8,10-12H,4-5,9,13H2,1-3H3,(H,27,29)/b20-12-. The number of thioether (sulfide) groups is 1.